The number of aliphatic carboxylic acids is 1. The summed E-state index contributed by atoms with van der Waals surface area (Å²) in [4.78, 5) is 16.5. The van der Waals surface area contributed by atoms with Crippen molar-refractivity contribution in [3.05, 3.63) is 64.9 Å². The number of nitrogens with zero attached hydrogens (tertiary/aromatic N) is 1. The van der Waals surface area contributed by atoms with E-state index in [9.17, 15) is 14.3 Å². The second-order valence-electron chi connectivity index (χ2n) is 5.34. The summed E-state index contributed by atoms with van der Waals surface area (Å²) in [6.45, 7) is 1.99. The molecule has 3 nitrogen and oxygen atoms in total. The van der Waals surface area contributed by atoms with E-state index in [2.05, 4.69) is 17.6 Å². The number of aryl methyl sites for hydroxylation is 1. The van der Waals surface area contributed by atoms with E-state index in [-0.39, 0.29) is 5.82 Å². The van der Waals surface area contributed by atoms with E-state index in [0.717, 1.165) is 21.6 Å². The molecule has 122 valence electrons. The highest BCUT2D eigenvalue weighted by Crippen LogP contribution is 2.40. The Labute approximate surface area is 148 Å². The van der Waals surface area contributed by atoms with E-state index in [1.807, 2.05) is 31.2 Å². The summed E-state index contributed by atoms with van der Waals surface area (Å²) in [5, 5.41) is 8.60. The van der Waals surface area contributed by atoms with E-state index < -0.39 is 11.2 Å². The number of rotatable bonds is 4. The first-order valence-corrected chi connectivity index (χ1v) is 8.53. The largest absolute Gasteiger partial charge is 0.480 e. The molecule has 1 unspecified atom stereocenters. The number of halogens is 1. The molecule has 1 N–H and O–H groups in total. The van der Waals surface area contributed by atoms with Crippen LogP contribution in [0.1, 0.15) is 15.8 Å². The van der Waals surface area contributed by atoms with Crippen molar-refractivity contribution in [2.24, 2.45) is 0 Å². The highest BCUT2D eigenvalue weighted by Gasteiger charge is 2.23. The Morgan fingerprint density at radius 1 is 1.12 bits per heavy atom. The summed E-state index contributed by atoms with van der Waals surface area (Å²) in [5.74, 6) is -1.37. The molecule has 1 aromatic heterocycles. The number of hydrogen-bond donors (Lipinski definition) is 2. The molecule has 1 heterocycles. The molecular weight excluding hydrogens is 345 g/mol. The Morgan fingerprint density at radius 3 is 2.29 bits per heavy atom. The second kappa shape index (κ2) is 6.75. The van der Waals surface area contributed by atoms with Crippen LogP contribution in [0.25, 0.3) is 21.7 Å². The average Bonchev–Trinajstić information content (AvgIpc) is 3.00. The SMILES string of the molecule is Cc1ccc(-c2nc(C(S)C(=O)O)sc2-c2ccc(F)cc2)cc1. The Bertz CT molecular complexity index is 810. The molecular formula is C18H14FNO2S2. The molecule has 24 heavy (non-hydrogen) atoms. The van der Waals surface area contributed by atoms with Crippen molar-refractivity contribution in [1.29, 1.82) is 0 Å². The summed E-state index contributed by atoms with van der Waals surface area (Å²) >= 11 is 5.38. The maximum atomic E-state index is 13.2. The fourth-order valence-electron chi connectivity index (χ4n) is 2.26. The monoisotopic (exact) mass is 359 g/mol. The van der Waals surface area contributed by atoms with Crippen molar-refractivity contribution in [2.75, 3.05) is 0 Å². The van der Waals surface area contributed by atoms with Crippen LogP contribution in [0.2, 0.25) is 0 Å². The summed E-state index contributed by atoms with van der Waals surface area (Å²) in [5.41, 5.74) is 3.48. The first-order chi connectivity index (χ1) is 11.5. The molecule has 1 atom stereocenters. The van der Waals surface area contributed by atoms with Gasteiger partial charge in [0.25, 0.3) is 0 Å². The normalized spacial score (nSPS) is 12.1. The maximum absolute atomic E-state index is 13.2. The minimum atomic E-state index is -1.05. The Balaban J connectivity index is 2.16. The van der Waals surface area contributed by atoms with Crippen LogP contribution in [0, 0.1) is 12.7 Å². The van der Waals surface area contributed by atoms with Crippen LogP contribution in [0.5, 0.6) is 0 Å². The van der Waals surface area contributed by atoms with Gasteiger partial charge in [0.2, 0.25) is 0 Å². The molecule has 0 radical (unpaired) electrons. The zero-order chi connectivity index (χ0) is 17.3. The quantitative estimate of drug-likeness (QED) is 0.646. The number of thiazole rings is 1. The second-order valence-corrected chi connectivity index (χ2v) is 6.89. The molecule has 3 aromatic rings. The topological polar surface area (TPSA) is 50.2 Å². The van der Waals surface area contributed by atoms with Gasteiger partial charge in [-0.15, -0.1) is 11.3 Å². The summed E-state index contributed by atoms with van der Waals surface area (Å²) in [6.07, 6.45) is 0. The zero-order valence-corrected chi connectivity index (χ0v) is 14.4. The number of hydrogen-bond acceptors (Lipinski definition) is 4. The average molecular weight is 359 g/mol. The predicted octanol–water partition coefficient (Wildman–Crippen LogP) is 4.98. The third-order valence-electron chi connectivity index (χ3n) is 3.54. The molecule has 0 aliphatic rings. The van der Waals surface area contributed by atoms with Crippen LogP contribution in [-0.4, -0.2) is 16.1 Å². The van der Waals surface area contributed by atoms with Crippen LogP contribution in [-0.2, 0) is 4.79 Å². The van der Waals surface area contributed by atoms with Gasteiger partial charge < -0.3 is 5.11 Å². The Hall–Kier alpha value is -2.18. The molecule has 0 aliphatic carbocycles. The molecule has 0 saturated heterocycles. The molecule has 6 heteroatoms. The maximum Gasteiger partial charge on any atom is 0.323 e. The van der Waals surface area contributed by atoms with E-state index in [1.54, 1.807) is 12.1 Å². The van der Waals surface area contributed by atoms with E-state index in [0.29, 0.717) is 10.7 Å². The van der Waals surface area contributed by atoms with Crippen LogP contribution < -0.4 is 0 Å². The molecule has 2 aromatic carbocycles. The van der Waals surface area contributed by atoms with Crippen LogP contribution in [0.15, 0.2) is 48.5 Å². The molecule has 0 aliphatic heterocycles. The summed E-state index contributed by atoms with van der Waals surface area (Å²) in [6, 6.07) is 13.9. The number of carbonyl (C=O) groups is 1. The lowest BCUT2D eigenvalue weighted by molar-refractivity contribution is -0.136. The first-order valence-electron chi connectivity index (χ1n) is 7.20. The molecule has 0 spiro atoms. The lowest BCUT2D eigenvalue weighted by Gasteiger charge is -2.03. The van der Waals surface area contributed by atoms with Gasteiger partial charge in [-0.25, -0.2) is 9.37 Å². The number of benzene rings is 2. The molecule has 0 amide bonds. The van der Waals surface area contributed by atoms with E-state index in [4.69, 9.17) is 0 Å². The van der Waals surface area contributed by atoms with Gasteiger partial charge in [-0.1, -0.05) is 42.0 Å². The van der Waals surface area contributed by atoms with Gasteiger partial charge in [0.15, 0.2) is 5.25 Å². The van der Waals surface area contributed by atoms with Gasteiger partial charge in [0, 0.05) is 5.56 Å². The Kier molecular flexibility index (Phi) is 4.69. The predicted molar refractivity (Wildman–Crippen MR) is 97.0 cm³/mol. The zero-order valence-electron chi connectivity index (χ0n) is 12.7. The number of aromatic nitrogens is 1. The van der Waals surface area contributed by atoms with Gasteiger partial charge in [0.1, 0.15) is 10.8 Å². The van der Waals surface area contributed by atoms with Crippen LogP contribution >= 0.6 is 24.0 Å². The number of thiol groups is 1. The van der Waals surface area contributed by atoms with Crippen molar-refractivity contribution in [3.63, 3.8) is 0 Å². The highest BCUT2D eigenvalue weighted by atomic mass is 32.1. The standard InChI is InChI=1S/C18H14FNO2S2/c1-10-2-4-11(5-3-10)14-16(12-6-8-13(19)9-7-12)24-17(20-14)15(23)18(21)22/h2-9,15,23H,1H3,(H,21,22). The van der Waals surface area contributed by atoms with Crippen molar-refractivity contribution < 1.29 is 14.3 Å². The molecule has 0 saturated carbocycles. The van der Waals surface area contributed by atoms with Crippen molar-refractivity contribution in [3.8, 4) is 21.7 Å². The minimum absolute atomic E-state index is 0.321. The summed E-state index contributed by atoms with van der Waals surface area (Å²) in [7, 11) is 0. The van der Waals surface area contributed by atoms with Gasteiger partial charge in [0.05, 0.1) is 10.6 Å². The Morgan fingerprint density at radius 2 is 1.71 bits per heavy atom. The highest BCUT2D eigenvalue weighted by molar-refractivity contribution is 7.81. The first kappa shape index (κ1) is 16.7. The van der Waals surface area contributed by atoms with Crippen molar-refractivity contribution in [2.45, 2.75) is 12.2 Å². The molecule has 0 fully saturated rings. The van der Waals surface area contributed by atoms with Crippen LogP contribution in [0.4, 0.5) is 4.39 Å². The number of carboxylic acid groups (broad SMARTS) is 1. The van der Waals surface area contributed by atoms with Gasteiger partial charge in [-0.2, -0.15) is 12.6 Å². The fourth-order valence-corrected chi connectivity index (χ4v) is 3.55. The van der Waals surface area contributed by atoms with Crippen LogP contribution in [0.3, 0.4) is 0 Å². The lowest BCUT2D eigenvalue weighted by atomic mass is 10.1. The molecule has 3 rings (SSSR count). The van der Waals surface area contributed by atoms with E-state index >= 15 is 0 Å². The van der Waals surface area contributed by atoms with Crippen molar-refractivity contribution >= 4 is 29.9 Å². The lowest BCUT2D eigenvalue weighted by Crippen LogP contribution is -2.04. The van der Waals surface area contributed by atoms with Gasteiger partial charge in [-0.05, 0) is 24.6 Å². The minimum Gasteiger partial charge on any atom is -0.480 e. The third kappa shape index (κ3) is 3.34. The fraction of sp³-hybridized carbons (Fsp3) is 0.111. The van der Waals surface area contributed by atoms with Gasteiger partial charge in [-0.3, -0.25) is 4.79 Å². The van der Waals surface area contributed by atoms with Crippen molar-refractivity contribution in [1.82, 2.24) is 4.98 Å². The molecule has 0 bridgehead atoms. The third-order valence-corrected chi connectivity index (χ3v) is 5.35. The smallest absolute Gasteiger partial charge is 0.323 e. The van der Waals surface area contributed by atoms with E-state index in [1.165, 1.54) is 23.5 Å². The number of carboxylic acids is 1. The summed E-state index contributed by atoms with van der Waals surface area (Å²) < 4.78 is 13.2. The van der Waals surface area contributed by atoms with Gasteiger partial charge >= 0.3 is 5.97 Å².